The number of hydrogen-bond donors (Lipinski definition) is 1. The minimum Gasteiger partial charge on any atom is -0.484 e. The van der Waals surface area contributed by atoms with E-state index in [1.54, 1.807) is 12.1 Å². The van der Waals surface area contributed by atoms with Gasteiger partial charge in [0.25, 0.3) is 5.91 Å². The number of amides is 1. The molecule has 0 fully saturated rings. The standard InChI is InChI=1S/C16H14N2O2/c17-11-10-13-6-8-15(9-7-13)20-12-16(19)18-14-4-2-1-3-5-14/h1-9H,10,12H2,(H,18,19). The van der Waals surface area contributed by atoms with Crippen LogP contribution < -0.4 is 10.1 Å². The number of carbonyl (C=O) groups is 1. The third kappa shape index (κ3) is 4.14. The van der Waals surface area contributed by atoms with Gasteiger partial charge >= 0.3 is 0 Å². The van der Waals surface area contributed by atoms with Crippen LogP contribution in [0.2, 0.25) is 0 Å². The smallest absolute Gasteiger partial charge is 0.262 e. The second-order valence-corrected chi connectivity index (χ2v) is 4.18. The third-order valence-corrected chi connectivity index (χ3v) is 2.63. The maximum Gasteiger partial charge on any atom is 0.262 e. The van der Waals surface area contributed by atoms with Crippen LogP contribution in [0, 0.1) is 11.3 Å². The molecule has 0 saturated heterocycles. The second kappa shape index (κ2) is 6.95. The topological polar surface area (TPSA) is 62.1 Å². The SMILES string of the molecule is N#CCc1ccc(OCC(=O)Nc2ccccc2)cc1. The molecule has 2 rings (SSSR count). The molecule has 4 nitrogen and oxygen atoms in total. The quantitative estimate of drug-likeness (QED) is 0.905. The lowest BCUT2D eigenvalue weighted by molar-refractivity contribution is -0.118. The van der Waals surface area contributed by atoms with Crippen LogP contribution in [-0.2, 0) is 11.2 Å². The van der Waals surface area contributed by atoms with Gasteiger partial charge in [-0.2, -0.15) is 5.26 Å². The van der Waals surface area contributed by atoms with Crippen molar-refractivity contribution < 1.29 is 9.53 Å². The average Bonchev–Trinajstić information content (AvgIpc) is 2.48. The number of hydrogen-bond acceptors (Lipinski definition) is 3. The zero-order valence-electron chi connectivity index (χ0n) is 10.9. The third-order valence-electron chi connectivity index (χ3n) is 2.63. The van der Waals surface area contributed by atoms with Gasteiger partial charge in [0.05, 0.1) is 12.5 Å². The van der Waals surface area contributed by atoms with Gasteiger partial charge in [0.2, 0.25) is 0 Å². The number of benzene rings is 2. The van der Waals surface area contributed by atoms with Crippen LogP contribution in [0.4, 0.5) is 5.69 Å². The van der Waals surface area contributed by atoms with Gasteiger partial charge in [-0.25, -0.2) is 0 Å². The van der Waals surface area contributed by atoms with E-state index in [1.807, 2.05) is 42.5 Å². The van der Waals surface area contributed by atoms with Gasteiger partial charge in [-0.15, -0.1) is 0 Å². The molecule has 20 heavy (non-hydrogen) atoms. The van der Waals surface area contributed by atoms with E-state index >= 15 is 0 Å². The molecular weight excluding hydrogens is 252 g/mol. The lowest BCUT2D eigenvalue weighted by Gasteiger charge is -2.07. The van der Waals surface area contributed by atoms with Crippen LogP contribution in [0.25, 0.3) is 0 Å². The van der Waals surface area contributed by atoms with Crippen molar-refractivity contribution in [1.29, 1.82) is 5.26 Å². The minimum absolute atomic E-state index is 0.0491. The van der Waals surface area contributed by atoms with Gasteiger partial charge in [-0.05, 0) is 29.8 Å². The molecule has 2 aromatic carbocycles. The first-order valence-electron chi connectivity index (χ1n) is 6.21. The molecule has 0 spiro atoms. The maximum absolute atomic E-state index is 11.7. The van der Waals surface area contributed by atoms with Crippen molar-refractivity contribution in [3.05, 3.63) is 60.2 Å². The summed E-state index contributed by atoms with van der Waals surface area (Å²) in [5, 5.41) is 11.3. The lowest BCUT2D eigenvalue weighted by atomic mass is 10.2. The summed E-state index contributed by atoms with van der Waals surface area (Å²) in [7, 11) is 0. The molecule has 0 aliphatic rings. The van der Waals surface area contributed by atoms with Crippen LogP contribution in [0.5, 0.6) is 5.75 Å². The molecule has 1 N–H and O–H groups in total. The Bertz CT molecular complexity index is 601. The lowest BCUT2D eigenvalue weighted by Crippen LogP contribution is -2.20. The fourth-order valence-electron chi connectivity index (χ4n) is 1.66. The van der Waals surface area contributed by atoms with Crippen molar-refractivity contribution in [2.75, 3.05) is 11.9 Å². The van der Waals surface area contributed by atoms with Gasteiger partial charge in [-0.3, -0.25) is 4.79 Å². The highest BCUT2D eigenvalue weighted by atomic mass is 16.5. The highest BCUT2D eigenvalue weighted by molar-refractivity contribution is 5.91. The molecule has 2 aromatic rings. The van der Waals surface area contributed by atoms with Crippen LogP contribution in [0.15, 0.2) is 54.6 Å². The molecule has 0 saturated carbocycles. The molecule has 0 bridgehead atoms. The fraction of sp³-hybridized carbons (Fsp3) is 0.125. The Morgan fingerprint density at radius 3 is 2.45 bits per heavy atom. The summed E-state index contributed by atoms with van der Waals surface area (Å²) in [6.45, 7) is -0.0491. The Balaban J connectivity index is 1.83. The average molecular weight is 266 g/mol. The molecule has 4 heteroatoms. The Morgan fingerprint density at radius 2 is 1.80 bits per heavy atom. The second-order valence-electron chi connectivity index (χ2n) is 4.18. The number of nitrogens with one attached hydrogen (secondary N) is 1. The van der Waals surface area contributed by atoms with E-state index in [9.17, 15) is 4.79 Å². The first-order chi connectivity index (χ1) is 9.78. The van der Waals surface area contributed by atoms with Gasteiger partial charge in [0.15, 0.2) is 6.61 Å². The monoisotopic (exact) mass is 266 g/mol. The largest absolute Gasteiger partial charge is 0.484 e. The molecule has 0 atom stereocenters. The van der Waals surface area contributed by atoms with Crippen molar-refractivity contribution in [2.45, 2.75) is 6.42 Å². The number of rotatable bonds is 5. The van der Waals surface area contributed by atoms with Crippen LogP contribution in [0.3, 0.4) is 0 Å². The Kier molecular flexibility index (Phi) is 4.74. The molecule has 0 aromatic heterocycles. The Morgan fingerprint density at radius 1 is 1.10 bits per heavy atom. The molecule has 0 aliphatic carbocycles. The van der Waals surface area contributed by atoms with E-state index in [-0.39, 0.29) is 12.5 Å². The van der Waals surface area contributed by atoms with Crippen molar-refractivity contribution in [1.82, 2.24) is 0 Å². The predicted octanol–water partition coefficient (Wildman–Crippen LogP) is 2.77. The van der Waals surface area contributed by atoms with Crippen molar-refractivity contribution >= 4 is 11.6 Å². The van der Waals surface area contributed by atoms with E-state index in [4.69, 9.17) is 10.00 Å². The maximum atomic E-state index is 11.7. The predicted molar refractivity (Wildman–Crippen MR) is 76.3 cm³/mol. The number of anilines is 1. The molecule has 0 aliphatic heterocycles. The fourth-order valence-corrected chi connectivity index (χ4v) is 1.66. The normalized spacial score (nSPS) is 9.55. The van der Waals surface area contributed by atoms with Crippen LogP contribution >= 0.6 is 0 Å². The van der Waals surface area contributed by atoms with E-state index < -0.39 is 0 Å². The molecule has 0 unspecified atom stereocenters. The summed E-state index contributed by atoms with van der Waals surface area (Å²) in [5.41, 5.74) is 1.67. The molecular formula is C16H14N2O2. The number of nitrogens with zero attached hydrogens (tertiary/aromatic N) is 1. The summed E-state index contributed by atoms with van der Waals surface area (Å²) in [4.78, 5) is 11.7. The highest BCUT2D eigenvalue weighted by Gasteiger charge is 2.03. The van der Waals surface area contributed by atoms with Crippen LogP contribution in [0.1, 0.15) is 5.56 Å². The van der Waals surface area contributed by atoms with E-state index in [2.05, 4.69) is 11.4 Å². The summed E-state index contributed by atoms with van der Waals surface area (Å²) in [5.74, 6) is 0.396. The zero-order chi connectivity index (χ0) is 14.2. The summed E-state index contributed by atoms with van der Waals surface area (Å²) in [6, 6.07) is 18.4. The summed E-state index contributed by atoms with van der Waals surface area (Å²) in [6.07, 6.45) is 0.370. The number of para-hydroxylation sites is 1. The molecule has 0 heterocycles. The number of carbonyl (C=O) groups excluding carboxylic acids is 1. The van der Waals surface area contributed by atoms with Gasteiger partial charge in [0.1, 0.15) is 5.75 Å². The van der Waals surface area contributed by atoms with Gasteiger partial charge < -0.3 is 10.1 Å². The molecule has 100 valence electrons. The number of nitriles is 1. The van der Waals surface area contributed by atoms with E-state index in [0.29, 0.717) is 12.2 Å². The molecule has 1 amide bonds. The van der Waals surface area contributed by atoms with Crippen molar-refractivity contribution in [3.63, 3.8) is 0 Å². The van der Waals surface area contributed by atoms with E-state index in [0.717, 1.165) is 11.3 Å². The Labute approximate surface area is 117 Å². The summed E-state index contributed by atoms with van der Waals surface area (Å²) >= 11 is 0. The minimum atomic E-state index is -0.211. The highest BCUT2D eigenvalue weighted by Crippen LogP contribution is 2.12. The molecule has 0 radical (unpaired) electrons. The number of ether oxygens (including phenoxy) is 1. The first-order valence-corrected chi connectivity index (χ1v) is 6.21. The van der Waals surface area contributed by atoms with Gasteiger partial charge in [-0.1, -0.05) is 30.3 Å². The van der Waals surface area contributed by atoms with Crippen molar-refractivity contribution in [2.24, 2.45) is 0 Å². The van der Waals surface area contributed by atoms with Crippen molar-refractivity contribution in [3.8, 4) is 11.8 Å². The Hall–Kier alpha value is -2.80. The van der Waals surface area contributed by atoms with E-state index in [1.165, 1.54) is 0 Å². The van der Waals surface area contributed by atoms with Gasteiger partial charge in [0, 0.05) is 5.69 Å². The summed E-state index contributed by atoms with van der Waals surface area (Å²) < 4.78 is 5.38. The zero-order valence-corrected chi connectivity index (χ0v) is 10.9. The first kappa shape index (κ1) is 13.6. The van der Waals surface area contributed by atoms with Crippen LogP contribution in [-0.4, -0.2) is 12.5 Å².